The van der Waals surface area contributed by atoms with Gasteiger partial charge in [-0.2, -0.15) is 4.31 Å². The second kappa shape index (κ2) is 7.66. The Labute approximate surface area is 169 Å². The first-order valence-electron chi connectivity index (χ1n) is 7.26. The lowest BCUT2D eigenvalue weighted by molar-refractivity contribution is 0.410. The topological polar surface area (TPSA) is 46.6 Å². The third kappa shape index (κ3) is 3.82. The SMILES string of the molecule is COc1ccc(C2SCCN2S(=O)(=O)c2ccc(Cl)c(Cl)c2)cc1Br. The van der Waals surface area contributed by atoms with Gasteiger partial charge in [0.05, 0.1) is 31.9 Å². The van der Waals surface area contributed by atoms with Gasteiger partial charge in [0.2, 0.25) is 10.0 Å². The van der Waals surface area contributed by atoms with Crippen molar-refractivity contribution in [3.63, 3.8) is 0 Å². The minimum atomic E-state index is -3.68. The Balaban J connectivity index is 1.97. The summed E-state index contributed by atoms with van der Waals surface area (Å²) in [6.45, 7) is 0.432. The minimum Gasteiger partial charge on any atom is -0.496 e. The van der Waals surface area contributed by atoms with Crippen LogP contribution < -0.4 is 4.74 Å². The van der Waals surface area contributed by atoms with Crippen LogP contribution in [-0.4, -0.2) is 32.1 Å². The number of ether oxygens (including phenoxy) is 1. The van der Waals surface area contributed by atoms with Crippen LogP contribution in [0.1, 0.15) is 10.9 Å². The zero-order valence-electron chi connectivity index (χ0n) is 13.1. The van der Waals surface area contributed by atoms with Crippen molar-refractivity contribution < 1.29 is 13.2 Å². The Bertz CT molecular complexity index is 908. The van der Waals surface area contributed by atoms with Gasteiger partial charge in [0.25, 0.3) is 0 Å². The number of methoxy groups -OCH3 is 1. The number of sulfonamides is 1. The maximum atomic E-state index is 13.1. The van der Waals surface area contributed by atoms with E-state index in [2.05, 4.69) is 15.9 Å². The van der Waals surface area contributed by atoms with E-state index in [4.69, 9.17) is 27.9 Å². The molecule has 134 valence electrons. The van der Waals surface area contributed by atoms with Gasteiger partial charge in [-0.1, -0.05) is 29.3 Å². The van der Waals surface area contributed by atoms with E-state index in [1.807, 2.05) is 18.2 Å². The molecule has 4 nitrogen and oxygen atoms in total. The number of nitrogens with zero attached hydrogens (tertiary/aromatic N) is 1. The minimum absolute atomic E-state index is 0.141. The molecule has 2 aromatic carbocycles. The summed E-state index contributed by atoms with van der Waals surface area (Å²) in [5.74, 6) is 1.42. The lowest BCUT2D eigenvalue weighted by atomic mass is 10.2. The molecule has 0 spiro atoms. The van der Waals surface area contributed by atoms with Crippen molar-refractivity contribution in [2.45, 2.75) is 10.3 Å². The fraction of sp³-hybridized carbons (Fsp3) is 0.250. The number of halogens is 3. The molecule has 0 aromatic heterocycles. The predicted molar refractivity (Wildman–Crippen MR) is 106 cm³/mol. The van der Waals surface area contributed by atoms with E-state index in [9.17, 15) is 8.42 Å². The Morgan fingerprint density at radius 3 is 2.60 bits per heavy atom. The highest BCUT2D eigenvalue weighted by atomic mass is 79.9. The van der Waals surface area contributed by atoms with Gasteiger partial charge in [-0.15, -0.1) is 11.8 Å². The summed E-state index contributed by atoms with van der Waals surface area (Å²) in [5, 5.41) is 0.243. The summed E-state index contributed by atoms with van der Waals surface area (Å²) < 4.78 is 33.6. The molecule has 1 heterocycles. The first kappa shape index (κ1) is 19.3. The zero-order chi connectivity index (χ0) is 18.2. The monoisotopic (exact) mass is 481 g/mol. The molecule has 0 saturated carbocycles. The van der Waals surface area contributed by atoms with Gasteiger partial charge in [0.1, 0.15) is 5.75 Å². The summed E-state index contributed by atoms with van der Waals surface area (Å²) in [6, 6.07) is 9.96. The van der Waals surface area contributed by atoms with Crippen LogP contribution in [-0.2, 0) is 10.0 Å². The van der Waals surface area contributed by atoms with Crippen molar-refractivity contribution in [2.75, 3.05) is 19.4 Å². The molecule has 0 aliphatic carbocycles. The molecule has 2 aromatic rings. The van der Waals surface area contributed by atoms with Crippen LogP contribution in [0.2, 0.25) is 10.0 Å². The van der Waals surface area contributed by atoms with Crippen LogP contribution in [0, 0.1) is 0 Å². The molecule has 1 fully saturated rings. The normalized spacial score (nSPS) is 18.5. The van der Waals surface area contributed by atoms with Crippen LogP contribution in [0.25, 0.3) is 0 Å². The highest BCUT2D eigenvalue weighted by Crippen LogP contribution is 2.43. The smallest absolute Gasteiger partial charge is 0.244 e. The second-order valence-corrected chi connectivity index (χ2v) is 10.1. The Hall–Kier alpha value is -0.440. The molecule has 9 heteroatoms. The molecule has 1 saturated heterocycles. The van der Waals surface area contributed by atoms with Gasteiger partial charge >= 0.3 is 0 Å². The van der Waals surface area contributed by atoms with Crippen LogP contribution >= 0.6 is 50.9 Å². The maximum Gasteiger partial charge on any atom is 0.244 e. The molecule has 1 aliphatic rings. The molecule has 3 rings (SSSR count). The van der Waals surface area contributed by atoms with Crippen molar-refractivity contribution >= 4 is 60.9 Å². The quantitative estimate of drug-likeness (QED) is 0.600. The first-order chi connectivity index (χ1) is 11.8. The molecule has 0 bridgehead atoms. The van der Waals surface area contributed by atoms with E-state index in [0.717, 1.165) is 15.8 Å². The summed E-state index contributed by atoms with van der Waals surface area (Å²) >= 11 is 16.9. The predicted octanol–water partition coefficient (Wildman–Crippen LogP) is 5.20. The highest BCUT2D eigenvalue weighted by Gasteiger charge is 2.37. The molecule has 0 radical (unpaired) electrons. The zero-order valence-corrected chi connectivity index (χ0v) is 17.8. The van der Waals surface area contributed by atoms with Gasteiger partial charge in [-0.3, -0.25) is 0 Å². The number of hydrogen-bond acceptors (Lipinski definition) is 4. The standard InChI is InChI=1S/C16H14BrCl2NO3S2/c1-23-15-5-2-10(8-12(15)17)16-20(6-7-24-16)25(21,22)11-3-4-13(18)14(19)9-11/h2-5,8-9,16H,6-7H2,1H3. The van der Waals surface area contributed by atoms with Crippen molar-refractivity contribution in [1.29, 1.82) is 0 Å². The third-order valence-electron chi connectivity index (χ3n) is 3.81. The van der Waals surface area contributed by atoms with E-state index in [1.165, 1.54) is 22.5 Å². The molecule has 0 amide bonds. The maximum absolute atomic E-state index is 13.1. The van der Waals surface area contributed by atoms with Gasteiger partial charge in [0, 0.05) is 12.3 Å². The van der Waals surface area contributed by atoms with Crippen LogP contribution in [0.4, 0.5) is 0 Å². The van der Waals surface area contributed by atoms with Crippen LogP contribution in [0.5, 0.6) is 5.75 Å². The summed E-state index contributed by atoms with van der Waals surface area (Å²) in [6.07, 6.45) is 0. The summed E-state index contributed by atoms with van der Waals surface area (Å²) in [4.78, 5) is 0.141. The van der Waals surface area contributed by atoms with Gasteiger partial charge in [-0.05, 0) is 51.8 Å². The molecule has 1 atom stereocenters. The Kier molecular flexibility index (Phi) is 5.92. The van der Waals surface area contributed by atoms with Crippen molar-refractivity contribution in [1.82, 2.24) is 4.31 Å². The van der Waals surface area contributed by atoms with E-state index < -0.39 is 10.0 Å². The van der Waals surface area contributed by atoms with E-state index >= 15 is 0 Å². The molecule has 1 aliphatic heterocycles. The first-order valence-corrected chi connectivity index (χ1v) is 11.3. The van der Waals surface area contributed by atoms with Crippen LogP contribution in [0.3, 0.4) is 0 Å². The van der Waals surface area contributed by atoms with Crippen molar-refractivity contribution in [2.24, 2.45) is 0 Å². The molecular weight excluding hydrogens is 469 g/mol. The molecule has 25 heavy (non-hydrogen) atoms. The third-order valence-corrected chi connectivity index (χ3v) is 8.42. The average Bonchev–Trinajstić information content (AvgIpc) is 3.07. The largest absolute Gasteiger partial charge is 0.496 e. The summed E-state index contributed by atoms with van der Waals surface area (Å²) in [5.41, 5.74) is 0.888. The number of hydrogen-bond donors (Lipinski definition) is 0. The number of rotatable bonds is 4. The van der Waals surface area contributed by atoms with Crippen molar-refractivity contribution in [3.05, 3.63) is 56.5 Å². The molecular formula is C16H14BrCl2NO3S2. The van der Waals surface area contributed by atoms with Crippen LogP contribution in [0.15, 0.2) is 45.8 Å². The van der Waals surface area contributed by atoms with E-state index in [0.29, 0.717) is 17.3 Å². The number of benzene rings is 2. The Morgan fingerprint density at radius 2 is 1.96 bits per heavy atom. The van der Waals surface area contributed by atoms with E-state index in [1.54, 1.807) is 18.9 Å². The molecule has 0 N–H and O–H groups in total. The lowest BCUT2D eigenvalue weighted by Gasteiger charge is -2.24. The second-order valence-electron chi connectivity index (χ2n) is 5.31. The van der Waals surface area contributed by atoms with Gasteiger partial charge in [-0.25, -0.2) is 8.42 Å². The van der Waals surface area contributed by atoms with Crippen molar-refractivity contribution in [3.8, 4) is 5.75 Å². The summed E-state index contributed by atoms with van der Waals surface area (Å²) in [7, 11) is -2.09. The fourth-order valence-corrected chi connectivity index (χ4v) is 6.75. The highest BCUT2D eigenvalue weighted by molar-refractivity contribution is 9.10. The Morgan fingerprint density at radius 1 is 1.20 bits per heavy atom. The lowest BCUT2D eigenvalue weighted by Crippen LogP contribution is -2.30. The number of thioether (sulfide) groups is 1. The van der Waals surface area contributed by atoms with Gasteiger partial charge in [0.15, 0.2) is 0 Å². The fourth-order valence-electron chi connectivity index (χ4n) is 2.57. The van der Waals surface area contributed by atoms with E-state index in [-0.39, 0.29) is 15.3 Å². The van der Waals surface area contributed by atoms with Gasteiger partial charge < -0.3 is 4.74 Å². The molecule has 1 unspecified atom stereocenters. The average molecular weight is 483 g/mol.